The molecule has 0 N–H and O–H groups in total. The second-order valence-electron chi connectivity index (χ2n) is 4.57. The predicted molar refractivity (Wildman–Crippen MR) is 85.6 cm³/mol. The first kappa shape index (κ1) is 14.5. The minimum absolute atomic E-state index is 0.236. The van der Waals surface area contributed by atoms with Crippen molar-refractivity contribution < 1.29 is 8.81 Å². The lowest BCUT2D eigenvalue weighted by Gasteiger charge is -1.97. The fraction of sp³-hybridized carbons (Fsp3) is 0.0588. The van der Waals surface area contributed by atoms with Crippen LogP contribution in [0.25, 0.3) is 12.2 Å². The number of halogens is 1. The largest absolute Gasteiger partial charge is 0.412 e. The van der Waals surface area contributed by atoms with Gasteiger partial charge in [-0.1, -0.05) is 54.2 Å². The molecule has 0 spiro atoms. The van der Waals surface area contributed by atoms with E-state index >= 15 is 0 Å². The van der Waals surface area contributed by atoms with Crippen molar-refractivity contribution in [2.45, 2.75) is 11.0 Å². The highest BCUT2D eigenvalue weighted by Gasteiger charge is 2.05. The van der Waals surface area contributed by atoms with Crippen LogP contribution in [0.5, 0.6) is 0 Å². The minimum Gasteiger partial charge on any atom is -0.412 e. The van der Waals surface area contributed by atoms with Crippen LogP contribution in [0.15, 0.2) is 64.2 Å². The van der Waals surface area contributed by atoms with Crippen LogP contribution in [0, 0.1) is 5.82 Å². The second-order valence-corrected chi connectivity index (χ2v) is 5.49. The summed E-state index contributed by atoms with van der Waals surface area (Å²) < 4.78 is 18.4. The summed E-state index contributed by atoms with van der Waals surface area (Å²) in [7, 11) is 0. The Morgan fingerprint density at radius 3 is 2.50 bits per heavy atom. The van der Waals surface area contributed by atoms with E-state index in [0.717, 1.165) is 11.1 Å². The molecule has 0 unspecified atom stereocenters. The molecule has 1 heterocycles. The van der Waals surface area contributed by atoms with E-state index in [9.17, 15) is 4.39 Å². The first-order valence-electron chi connectivity index (χ1n) is 6.73. The zero-order valence-electron chi connectivity index (χ0n) is 11.6. The number of hydrogen-bond donors (Lipinski definition) is 0. The van der Waals surface area contributed by atoms with Crippen molar-refractivity contribution in [3.8, 4) is 0 Å². The smallest absolute Gasteiger partial charge is 0.277 e. The van der Waals surface area contributed by atoms with Crippen LogP contribution >= 0.6 is 11.8 Å². The second kappa shape index (κ2) is 7.04. The summed E-state index contributed by atoms with van der Waals surface area (Å²) in [5, 5.41) is 8.45. The Labute approximate surface area is 131 Å². The Morgan fingerprint density at radius 2 is 1.73 bits per heavy atom. The third kappa shape index (κ3) is 4.05. The molecule has 0 aliphatic rings. The summed E-state index contributed by atoms with van der Waals surface area (Å²) in [5.74, 6) is 0.884. The van der Waals surface area contributed by atoms with Gasteiger partial charge < -0.3 is 4.42 Å². The number of thioether (sulfide) groups is 1. The topological polar surface area (TPSA) is 38.9 Å². The molecule has 110 valence electrons. The van der Waals surface area contributed by atoms with Gasteiger partial charge in [0, 0.05) is 11.8 Å². The summed E-state index contributed by atoms with van der Waals surface area (Å²) >= 11 is 1.43. The molecule has 3 nitrogen and oxygen atoms in total. The zero-order valence-corrected chi connectivity index (χ0v) is 12.5. The van der Waals surface area contributed by atoms with Crippen LogP contribution in [0.3, 0.4) is 0 Å². The number of aromatic nitrogens is 2. The molecule has 0 radical (unpaired) electrons. The summed E-state index contributed by atoms with van der Waals surface area (Å²) in [4.78, 5) is 0. The van der Waals surface area contributed by atoms with Crippen molar-refractivity contribution in [2.75, 3.05) is 0 Å². The van der Waals surface area contributed by atoms with E-state index < -0.39 is 0 Å². The van der Waals surface area contributed by atoms with E-state index in [-0.39, 0.29) is 5.82 Å². The highest BCUT2D eigenvalue weighted by atomic mass is 32.2. The van der Waals surface area contributed by atoms with E-state index in [2.05, 4.69) is 10.2 Å². The summed E-state index contributed by atoms with van der Waals surface area (Å²) in [6, 6.07) is 16.3. The molecule has 1 aromatic heterocycles. The number of hydrogen-bond acceptors (Lipinski definition) is 4. The van der Waals surface area contributed by atoms with Crippen molar-refractivity contribution in [1.29, 1.82) is 0 Å². The molecule has 0 fully saturated rings. The first-order valence-corrected chi connectivity index (χ1v) is 7.72. The van der Waals surface area contributed by atoms with E-state index in [0.29, 0.717) is 16.9 Å². The quantitative estimate of drug-likeness (QED) is 0.642. The highest BCUT2D eigenvalue weighted by Crippen LogP contribution is 2.22. The lowest BCUT2D eigenvalue weighted by Crippen LogP contribution is -1.81. The standard InChI is InChI=1S/C17H13FN2OS/c18-15-9-6-14(7-10-15)12-22-17-20-19-16(21-17)11-8-13-4-2-1-3-5-13/h1-11H,12H2. The highest BCUT2D eigenvalue weighted by molar-refractivity contribution is 7.98. The lowest BCUT2D eigenvalue weighted by molar-refractivity contribution is 0.446. The van der Waals surface area contributed by atoms with Gasteiger partial charge in [0.05, 0.1) is 0 Å². The molecular formula is C17H13FN2OS. The summed E-state index contributed by atoms with van der Waals surface area (Å²) in [6.07, 6.45) is 3.70. The van der Waals surface area contributed by atoms with Crippen molar-refractivity contribution in [2.24, 2.45) is 0 Å². The van der Waals surface area contributed by atoms with Crippen LogP contribution < -0.4 is 0 Å². The van der Waals surface area contributed by atoms with Gasteiger partial charge in [-0.2, -0.15) is 0 Å². The van der Waals surface area contributed by atoms with Gasteiger partial charge >= 0.3 is 0 Å². The van der Waals surface area contributed by atoms with Crippen molar-refractivity contribution in [3.63, 3.8) is 0 Å². The maximum absolute atomic E-state index is 12.8. The van der Waals surface area contributed by atoms with Crippen LogP contribution in [0.1, 0.15) is 17.0 Å². The monoisotopic (exact) mass is 312 g/mol. The molecule has 0 saturated carbocycles. The van der Waals surface area contributed by atoms with Crippen LogP contribution in [-0.4, -0.2) is 10.2 Å². The number of benzene rings is 2. The Morgan fingerprint density at radius 1 is 0.955 bits per heavy atom. The van der Waals surface area contributed by atoms with Crippen LogP contribution in [0.4, 0.5) is 4.39 Å². The predicted octanol–water partition coefficient (Wildman–Crippen LogP) is 4.67. The molecule has 5 heteroatoms. The van der Waals surface area contributed by atoms with Crippen molar-refractivity contribution in [1.82, 2.24) is 10.2 Å². The van der Waals surface area contributed by atoms with E-state index in [1.165, 1.54) is 23.9 Å². The van der Waals surface area contributed by atoms with Gasteiger partial charge in [0.25, 0.3) is 5.22 Å². The van der Waals surface area contributed by atoms with Crippen LogP contribution in [0.2, 0.25) is 0 Å². The number of rotatable bonds is 5. The molecule has 0 atom stereocenters. The van der Waals surface area contributed by atoms with E-state index in [1.807, 2.05) is 36.4 Å². The molecule has 3 rings (SSSR count). The molecule has 3 aromatic rings. The molecular weight excluding hydrogens is 299 g/mol. The van der Waals surface area contributed by atoms with Gasteiger partial charge in [-0.3, -0.25) is 0 Å². The molecule has 0 saturated heterocycles. The van der Waals surface area contributed by atoms with Crippen LogP contribution in [-0.2, 0) is 5.75 Å². The normalized spacial score (nSPS) is 11.1. The Hall–Kier alpha value is -2.40. The van der Waals surface area contributed by atoms with Gasteiger partial charge in [-0.15, -0.1) is 10.2 Å². The van der Waals surface area contributed by atoms with Crippen molar-refractivity contribution in [3.05, 3.63) is 77.4 Å². The Kier molecular flexibility index (Phi) is 4.65. The first-order chi connectivity index (χ1) is 10.8. The molecule has 0 amide bonds. The Bertz CT molecular complexity index is 754. The average molecular weight is 312 g/mol. The van der Waals surface area contributed by atoms with Gasteiger partial charge in [-0.05, 0) is 29.3 Å². The average Bonchev–Trinajstić information content (AvgIpc) is 3.01. The third-order valence-electron chi connectivity index (χ3n) is 2.92. The lowest BCUT2D eigenvalue weighted by atomic mass is 10.2. The third-order valence-corrected chi connectivity index (χ3v) is 3.81. The maximum atomic E-state index is 12.8. The SMILES string of the molecule is Fc1ccc(CSc2nnc(C=Cc3ccccc3)o2)cc1. The summed E-state index contributed by atoms with van der Waals surface area (Å²) in [6.45, 7) is 0. The zero-order chi connectivity index (χ0) is 15.2. The van der Waals surface area contributed by atoms with Gasteiger partial charge in [0.2, 0.25) is 5.89 Å². The molecule has 22 heavy (non-hydrogen) atoms. The summed E-state index contributed by atoms with van der Waals surface area (Å²) in [5.41, 5.74) is 2.08. The van der Waals surface area contributed by atoms with E-state index in [4.69, 9.17) is 4.42 Å². The fourth-order valence-electron chi connectivity index (χ4n) is 1.80. The molecule has 0 aliphatic carbocycles. The maximum Gasteiger partial charge on any atom is 0.277 e. The number of nitrogens with zero attached hydrogens (tertiary/aromatic N) is 2. The van der Waals surface area contributed by atoms with Gasteiger partial charge in [-0.25, -0.2) is 4.39 Å². The molecule has 0 bridgehead atoms. The molecule has 0 aliphatic heterocycles. The molecule has 2 aromatic carbocycles. The Balaban J connectivity index is 1.59. The van der Waals surface area contributed by atoms with E-state index in [1.54, 1.807) is 18.2 Å². The van der Waals surface area contributed by atoms with Gasteiger partial charge in [0.1, 0.15) is 5.82 Å². The van der Waals surface area contributed by atoms with Gasteiger partial charge in [0.15, 0.2) is 0 Å². The fourth-order valence-corrected chi connectivity index (χ4v) is 2.53. The van der Waals surface area contributed by atoms with Crippen molar-refractivity contribution >= 4 is 23.9 Å². The minimum atomic E-state index is -0.236.